The van der Waals surface area contributed by atoms with Gasteiger partial charge < -0.3 is 30.6 Å². The SMILES string of the molecule is O=C(O)C(=O)O.O=C(O)C(=O)O.O=C(O)C(=O)O.P.P. The summed E-state index contributed by atoms with van der Waals surface area (Å²) in [6, 6.07) is 0. The largest absolute Gasteiger partial charge is 0.473 e. The van der Waals surface area contributed by atoms with Crippen molar-refractivity contribution in [2.24, 2.45) is 0 Å². The fourth-order valence-electron chi connectivity index (χ4n) is 0. The molecule has 0 saturated heterocycles. The zero-order chi connectivity index (χ0) is 15.5. The predicted molar refractivity (Wildman–Crippen MR) is 68.0 cm³/mol. The number of aliphatic carboxylic acids is 6. The van der Waals surface area contributed by atoms with Crippen LogP contribution in [0.1, 0.15) is 0 Å². The van der Waals surface area contributed by atoms with Crippen LogP contribution in [-0.4, -0.2) is 66.5 Å². The third-order valence-corrected chi connectivity index (χ3v) is 0.549. The van der Waals surface area contributed by atoms with E-state index < -0.39 is 35.8 Å². The topological polar surface area (TPSA) is 224 Å². The van der Waals surface area contributed by atoms with Gasteiger partial charge in [0.05, 0.1) is 0 Å². The highest BCUT2D eigenvalue weighted by atomic mass is 31.0. The maximum atomic E-state index is 9.10. The molecule has 6 N–H and O–H groups in total. The van der Waals surface area contributed by atoms with E-state index in [2.05, 4.69) is 0 Å². The van der Waals surface area contributed by atoms with E-state index >= 15 is 0 Å². The minimum absolute atomic E-state index is 0. The second kappa shape index (κ2) is 16.7. The summed E-state index contributed by atoms with van der Waals surface area (Å²) >= 11 is 0. The molecule has 0 fully saturated rings. The Morgan fingerprint density at radius 2 is 0.400 bits per heavy atom. The van der Waals surface area contributed by atoms with Crippen molar-refractivity contribution in [3.8, 4) is 0 Å². The van der Waals surface area contributed by atoms with Crippen LogP contribution in [0, 0.1) is 0 Å². The summed E-state index contributed by atoms with van der Waals surface area (Å²) < 4.78 is 0. The summed E-state index contributed by atoms with van der Waals surface area (Å²) in [5.74, 6) is -10.9. The first-order valence-corrected chi connectivity index (χ1v) is 3.32. The minimum atomic E-state index is -1.82. The van der Waals surface area contributed by atoms with Gasteiger partial charge in [-0.05, 0) is 0 Å². The smallest absolute Gasteiger partial charge is 0.414 e. The molecule has 0 aliphatic carbocycles. The summed E-state index contributed by atoms with van der Waals surface area (Å²) in [6.45, 7) is 0. The molecule has 2 atom stereocenters. The Labute approximate surface area is 116 Å². The van der Waals surface area contributed by atoms with Gasteiger partial charge in [0.25, 0.3) is 0 Å². The van der Waals surface area contributed by atoms with Crippen molar-refractivity contribution in [1.29, 1.82) is 0 Å². The Morgan fingerprint density at radius 3 is 0.400 bits per heavy atom. The van der Waals surface area contributed by atoms with Crippen molar-refractivity contribution < 1.29 is 59.4 Å². The van der Waals surface area contributed by atoms with Gasteiger partial charge in [-0.2, -0.15) is 19.8 Å². The number of hydrogen-bond acceptors (Lipinski definition) is 6. The predicted octanol–water partition coefficient (Wildman–Crippen LogP) is -2.42. The first-order valence-electron chi connectivity index (χ1n) is 3.32. The van der Waals surface area contributed by atoms with Gasteiger partial charge in [-0.15, -0.1) is 0 Å². The fourth-order valence-corrected chi connectivity index (χ4v) is 0. The number of carboxylic acid groups (broad SMARTS) is 6. The third kappa shape index (κ3) is 36.1. The molecule has 118 valence electrons. The lowest BCUT2D eigenvalue weighted by Crippen LogP contribution is -2.09. The van der Waals surface area contributed by atoms with Gasteiger partial charge in [0.1, 0.15) is 0 Å². The van der Waals surface area contributed by atoms with Gasteiger partial charge in [0.15, 0.2) is 0 Å². The van der Waals surface area contributed by atoms with Crippen LogP contribution in [0.15, 0.2) is 0 Å². The lowest BCUT2D eigenvalue weighted by atomic mass is 10.7. The van der Waals surface area contributed by atoms with Crippen LogP contribution in [0.5, 0.6) is 0 Å². The van der Waals surface area contributed by atoms with Crippen LogP contribution >= 0.6 is 19.8 Å². The van der Waals surface area contributed by atoms with Gasteiger partial charge >= 0.3 is 35.8 Å². The number of hydrogen-bond donors (Lipinski definition) is 6. The second-order valence-corrected chi connectivity index (χ2v) is 1.83. The highest BCUT2D eigenvalue weighted by Crippen LogP contribution is 1.57. The average Bonchev–Trinajstić information content (AvgIpc) is 2.18. The summed E-state index contributed by atoms with van der Waals surface area (Å²) in [5.41, 5.74) is 0. The molecule has 0 radical (unpaired) electrons. The molecule has 0 heterocycles. The zero-order valence-electron chi connectivity index (χ0n) is 9.55. The second-order valence-electron chi connectivity index (χ2n) is 1.83. The van der Waals surface area contributed by atoms with Crippen LogP contribution in [0.25, 0.3) is 0 Å². The Morgan fingerprint density at radius 1 is 0.350 bits per heavy atom. The molecule has 0 saturated carbocycles. The average molecular weight is 338 g/mol. The molecule has 0 aromatic rings. The monoisotopic (exact) mass is 338 g/mol. The Bertz CT molecular complexity index is 281. The zero-order valence-corrected chi connectivity index (χ0v) is 12.4. The molecule has 0 aromatic carbocycles. The van der Waals surface area contributed by atoms with E-state index in [9.17, 15) is 0 Å². The van der Waals surface area contributed by atoms with Crippen molar-refractivity contribution in [1.82, 2.24) is 0 Å². The van der Waals surface area contributed by atoms with Crippen molar-refractivity contribution in [2.45, 2.75) is 0 Å². The Kier molecular flexibility index (Phi) is 25.5. The van der Waals surface area contributed by atoms with Crippen molar-refractivity contribution in [2.75, 3.05) is 0 Å². The van der Waals surface area contributed by atoms with Gasteiger partial charge in [-0.1, -0.05) is 0 Å². The Hall–Kier alpha value is -2.32. The van der Waals surface area contributed by atoms with E-state index in [4.69, 9.17) is 59.4 Å². The molecule has 0 rings (SSSR count). The molecule has 20 heavy (non-hydrogen) atoms. The molecule has 12 nitrogen and oxygen atoms in total. The summed E-state index contributed by atoms with van der Waals surface area (Å²) in [7, 11) is 0. The molecule has 0 aliphatic rings. The van der Waals surface area contributed by atoms with E-state index in [1.807, 2.05) is 0 Å². The van der Waals surface area contributed by atoms with Crippen LogP contribution < -0.4 is 0 Å². The van der Waals surface area contributed by atoms with Gasteiger partial charge in [-0.3, -0.25) is 0 Å². The Balaban J connectivity index is -0.0000000536. The standard InChI is InChI=1S/3C2H2O4.2H3P/c3*3-1(4)2(5)6;;/h3*(H,3,4)(H,5,6);2*1H3. The van der Waals surface area contributed by atoms with Gasteiger partial charge in [0.2, 0.25) is 0 Å². The first-order chi connectivity index (χ1) is 7.93. The highest BCUT2D eigenvalue weighted by molar-refractivity contribution is 6.92. The number of carbonyl (C=O) groups is 6. The molecule has 2 unspecified atom stereocenters. The minimum Gasteiger partial charge on any atom is -0.473 e. The van der Waals surface area contributed by atoms with Crippen molar-refractivity contribution in [3.63, 3.8) is 0 Å². The van der Waals surface area contributed by atoms with Gasteiger partial charge in [0, 0.05) is 0 Å². The summed E-state index contributed by atoms with van der Waals surface area (Å²) in [4.78, 5) is 54.6. The van der Waals surface area contributed by atoms with Crippen molar-refractivity contribution in [3.05, 3.63) is 0 Å². The molecule has 0 amide bonds. The third-order valence-electron chi connectivity index (χ3n) is 0.549. The lowest BCUT2D eigenvalue weighted by molar-refractivity contribution is -0.159. The van der Waals surface area contributed by atoms with E-state index in [0.29, 0.717) is 0 Å². The number of carboxylic acids is 6. The highest BCUT2D eigenvalue weighted by Gasteiger charge is 2.04. The van der Waals surface area contributed by atoms with E-state index in [1.54, 1.807) is 0 Å². The van der Waals surface area contributed by atoms with Gasteiger partial charge in [-0.25, -0.2) is 28.8 Å². The molecule has 0 aliphatic heterocycles. The normalized spacial score (nSPS) is 6.60. The van der Waals surface area contributed by atoms with E-state index in [0.717, 1.165) is 0 Å². The van der Waals surface area contributed by atoms with Crippen LogP contribution in [0.2, 0.25) is 0 Å². The number of rotatable bonds is 0. The maximum Gasteiger partial charge on any atom is 0.414 e. The molecule has 0 bridgehead atoms. The van der Waals surface area contributed by atoms with Crippen LogP contribution in [0.4, 0.5) is 0 Å². The molecule has 14 heteroatoms. The van der Waals surface area contributed by atoms with Crippen molar-refractivity contribution >= 4 is 55.6 Å². The maximum absolute atomic E-state index is 9.10. The van der Waals surface area contributed by atoms with Crippen LogP contribution in [-0.2, 0) is 28.8 Å². The molecular formula is C6H12O12P2. The first kappa shape index (κ1) is 30.6. The summed E-state index contributed by atoms with van der Waals surface area (Å²) in [6.07, 6.45) is 0. The quantitative estimate of drug-likeness (QED) is 0.200. The van der Waals surface area contributed by atoms with E-state index in [-0.39, 0.29) is 19.8 Å². The summed E-state index contributed by atoms with van der Waals surface area (Å²) in [5, 5.41) is 44.3. The molecule has 0 spiro atoms. The van der Waals surface area contributed by atoms with E-state index in [1.165, 1.54) is 0 Å². The van der Waals surface area contributed by atoms with Crippen LogP contribution in [0.3, 0.4) is 0 Å². The fraction of sp³-hybridized carbons (Fsp3) is 0. The lowest BCUT2D eigenvalue weighted by Gasteiger charge is -1.72. The molecular weight excluding hydrogens is 326 g/mol. The molecule has 0 aromatic heterocycles.